The molecule has 1 aromatic carbocycles. The number of phenols is 1. The Hall–Kier alpha value is -4.25. The summed E-state index contributed by atoms with van der Waals surface area (Å²) in [6.45, 7) is 3.89. The standard InChI is InChI=1S/C23H21FN6O4/c1-12-8-17(23(33)30-4-6-34-7-5-30)28-16(12)10-14-19-20(25-11-26-21(19)29-22(14)32)27-13-2-3-15(24)18(31)9-13/h2-3,8-11,28,31H,4-7H2,1H3,(H2,25,26,27,29,32)/b14-10-. The number of aromatic amines is 1. The third-order valence-corrected chi connectivity index (χ3v) is 5.67. The number of benzene rings is 1. The van der Waals surface area contributed by atoms with E-state index in [-0.39, 0.29) is 11.8 Å². The molecule has 2 aromatic heterocycles. The van der Waals surface area contributed by atoms with Crippen molar-refractivity contribution in [2.75, 3.05) is 36.9 Å². The number of rotatable bonds is 4. The molecule has 174 valence electrons. The van der Waals surface area contributed by atoms with Gasteiger partial charge in [-0.25, -0.2) is 14.4 Å². The van der Waals surface area contributed by atoms with Gasteiger partial charge < -0.3 is 30.4 Å². The maximum absolute atomic E-state index is 13.4. The number of hydrogen-bond donors (Lipinski definition) is 4. The smallest absolute Gasteiger partial charge is 0.270 e. The predicted octanol–water partition coefficient (Wildman–Crippen LogP) is 2.67. The van der Waals surface area contributed by atoms with Crippen molar-refractivity contribution >= 4 is 40.8 Å². The molecule has 4 heterocycles. The minimum atomic E-state index is -0.749. The molecule has 3 aromatic rings. The van der Waals surface area contributed by atoms with Gasteiger partial charge in [0.15, 0.2) is 11.6 Å². The minimum absolute atomic E-state index is 0.130. The van der Waals surface area contributed by atoms with E-state index in [9.17, 15) is 19.1 Å². The fourth-order valence-electron chi connectivity index (χ4n) is 3.90. The van der Waals surface area contributed by atoms with Crippen LogP contribution in [0.15, 0.2) is 30.6 Å². The highest BCUT2D eigenvalue weighted by atomic mass is 19.1. The van der Waals surface area contributed by atoms with E-state index in [2.05, 4.69) is 25.6 Å². The van der Waals surface area contributed by atoms with Crippen molar-refractivity contribution in [1.82, 2.24) is 19.9 Å². The van der Waals surface area contributed by atoms with Crippen molar-refractivity contribution < 1.29 is 23.8 Å². The van der Waals surface area contributed by atoms with Crippen LogP contribution in [0, 0.1) is 12.7 Å². The van der Waals surface area contributed by atoms with E-state index in [1.807, 2.05) is 6.92 Å². The van der Waals surface area contributed by atoms with Crippen LogP contribution >= 0.6 is 0 Å². The number of nitrogens with zero attached hydrogens (tertiary/aromatic N) is 3. The second kappa shape index (κ2) is 8.60. The third kappa shape index (κ3) is 3.97. The van der Waals surface area contributed by atoms with Crippen molar-refractivity contribution in [3.63, 3.8) is 0 Å². The van der Waals surface area contributed by atoms with Crippen molar-refractivity contribution in [3.05, 3.63) is 58.9 Å². The Kier molecular flexibility index (Phi) is 5.46. The van der Waals surface area contributed by atoms with E-state index in [0.717, 1.165) is 11.6 Å². The lowest BCUT2D eigenvalue weighted by Crippen LogP contribution is -2.40. The van der Waals surface area contributed by atoms with Crippen molar-refractivity contribution in [2.45, 2.75) is 6.92 Å². The van der Waals surface area contributed by atoms with Gasteiger partial charge in [0, 0.05) is 30.5 Å². The Morgan fingerprint density at radius 2 is 2.06 bits per heavy atom. The van der Waals surface area contributed by atoms with Gasteiger partial charge in [0.2, 0.25) is 0 Å². The van der Waals surface area contributed by atoms with Crippen LogP contribution in [0.4, 0.5) is 21.7 Å². The lowest BCUT2D eigenvalue weighted by atomic mass is 10.1. The first-order valence-electron chi connectivity index (χ1n) is 10.6. The van der Waals surface area contributed by atoms with Crippen molar-refractivity contribution in [2.24, 2.45) is 0 Å². The van der Waals surface area contributed by atoms with Crippen LogP contribution in [0.5, 0.6) is 5.75 Å². The number of phenolic OH excluding ortho intramolecular Hbond substituents is 1. The van der Waals surface area contributed by atoms with E-state index in [0.29, 0.717) is 66.2 Å². The van der Waals surface area contributed by atoms with Gasteiger partial charge in [0.05, 0.1) is 24.4 Å². The van der Waals surface area contributed by atoms with E-state index < -0.39 is 11.6 Å². The first-order valence-corrected chi connectivity index (χ1v) is 10.6. The van der Waals surface area contributed by atoms with Crippen LogP contribution in [0.3, 0.4) is 0 Å². The summed E-state index contributed by atoms with van der Waals surface area (Å²) in [7, 11) is 0. The molecule has 5 rings (SSSR count). The summed E-state index contributed by atoms with van der Waals surface area (Å²) in [6, 6.07) is 5.53. The molecule has 11 heteroatoms. The number of hydrogen-bond acceptors (Lipinski definition) is 7. The summed E-state index contributed by atoms with van der Waals surface area (Å²) in [6.07, 6.45) is 2.93. The maximum Gasteiger partial charge on any atom is 0.270 e. The van der Waals surface area contributed by atoms with E-state index in [1.165, 1.54) is 18.5 Å². The summed E-state index contributed by atoms with van der Waals surface area (Å²) in [5.74, 6) is -1.16. The first-order chi connectivity index (χ1) is 16.4. The Labute approximate surface area is 193 Å². The van der Waals surface area contributed by atoms with E-state index >= 15 is 0 Å². The SMILES string of the molecule is Cc1cc(C(=O)N2CCOCC2)[nH]c1/C=C1\C(=O)Nc2ncnc(Nc3ccc(F)c(O)c3)c21. The Morgan fingerprint density at radius 3 is 2.82 bits per heavy atom. The highest BCUT2D eigenvalue weighted by Crippen LogP contribution is 2.37. The first kappa shape index (κ1) is 21.6. The molecule has 0 aliphatic carbocycles. The number of anilines is 3. The topological polar surface area (TPSA) is 132 Å². The van der Waals surface area contributed by atoms with Gasteiger partial charge in [-0.05, 0) is 36.8 Å². The second-order valence-corrected chi connectivity index (χ2v) is 7.93. The lowest BCUT2D eigenvalue weighted by Gasteiger charge is -2.26. The number of carbonyl (C=O) groups excluding carboxylic acids is 2. The van der Waals surface area contributed by atoms with Gasteiger partial charge in [-0.1, -0.05) is 0 Å². The largest absolute Gasteiger partial charge is 0.505 e. The number of H-pyrrole nitrogens is 1. The predicted molar refractivity (Wildman–Crippen MR) is 122 cm³/mol. The molecule has 0 radical (unpaired) electrons. The molecule has 2 aliphatic rings. The molecule has 34 heavy (non-hydrogen) atoms. The molecule has 0 spiro atoms. The Bertz CT molecular complexity index is 1330. The average molecular weight is 464 g/mol. The molecule has 4 N–H and O–H groups in total. The van der Waals surface area contributed by atoms with Crippen molar-refractivity contribution in [1.29, 1.82) is 0 Å². The van der Waals surface area contributed by atoms with Crippen LogP contribution in [-0.4, -0.2) is 63.1 Å². The molecule has 2 amide bonds. The second-order valence-electron chi connectivity index (χ2n) is 7.93. The Morgan fingerprint density at radius 1 is 1.26 bits per heavy atom. The number of aryl methyl sites for hydroxylation is 1. The van der Waals surface area contributed by atoms with Crippen LogP contribution in [0.25, 0.3) is 11.6 Å². The molecule has 10 nitrogen and oxygen atoms in total. The number of amides is 2. The number of halogens is 1. The van der Waals surface area contributed by atoms with Gasteiger partial charge >= 0.3 is 0 Å². The molecule has 2 aliphatic heterocycles. The number of carbonyl (C=O) groups is 2. The third-order valence-electron chi connectivity index (χ3n) is 5.67. The molecule has 0 atom stereocenters. The normalized spacial score (nSPS) is 16.5. The number of aromatic hydroxyl groups is 1. The number of aromatic nitrogens is 3. The zero-order valence-corrected chi connectivity index (χ0v) is 18.2. The highest BCUT2D eigenvalue weighted by Gasteiger charge is 2.30. The molecule has 1 fully saturated rings. The highest BCUT2D eigenvalue weighted by molar-refractivity contribution is 6.35. The molecular weight excluding hydrogens is 443 g/mol. The summed E-state index contributed by atoms with van der Waals surface area (Å²) >= 11 is 0. The zero-order valence-electron chi connectivity index (χ0n) is 18.2. The minimum Gasteiger partial charge on any atom is -0.505 e. The molecule has 0 unspecified atom stereocenters. The van der Waals surface area contributed by atoms with E-state index in [4.69, 9.17) is 4.74 Å². The lowest BCUT2D eigenvalue weighted by molar-refractivity contribution is -0.110. The number of fused-ring (bicyclic) bond motifs is 1. The fraction of sp³-hybridized carbons (Fsp3) is 0.217. The number of nitrogens with one attached hydrogen (secondary N) is 3. The summed E-state index contributed by atoms with van der Waals surface area (Å²) in [4.78, 5) is 38.8. The van der Waals surface area contributed by atoms with Gasteiger partial charge in [-0.3, -0.25) is 9.59 Å². The summed E-state index contributed by atoms with van der Waals surface area (Å²) < 4.78 is 18.7. The molecular formula is C23H21FN6O4. The van der Waals surface area contributed by atoms with Crippen LogP contribution < -0.4 is 10.6 Å². The van der Waals surface area contributed by atoms with Gasteiger partial charge in [0.1, 0.15) is 23.7 Å². The van der Waals surface area contributed by atoms with Crippen molar-refractivity contribution in [3.8, 4) is 5.75 Å². The number of morpholine rings is 1. The van der Waals surface area contributed by atoms with E-state index in [1.54, 1.807) is 17.0 Å². The monoisotopic (exact) mass is 464 g/mol. The maximum atomic E-state index is 13.4. The fourth-order valence-corrected chi connectivity index (χ4v) is 3.90. The molecule has 0 saturated carbocycles. The van der Waals surface area contributed by atoms with Gasteiger partial charge in [0.25, 0.3) is 11.8 Å². The van der Waals surface area contributed by atoms with Crippen LogP contribution in [0.1, 0.15) is 27.3 Å². The number of ether oxygens (including phenoxy) is 1. The van der Waals surface area contributed by atoms with Crippen LogP contribution in [0.2, 0.25) is 0 Å². The van der Waals surface area contributed by atoms with Gasteiger partial charge in [-0.15, -0.1) is 0 Å². The van der Waals surface area contributed by atoms with Crippen LogP contribution in [-0.2, 0) is 9.53 Å². The molecule has 0 bridgehead atoms. The summed E-state index contributed by atoms with van der Waals surface area (Å²) in [5, 5.41) is 15.4. The quantitative estimate of drug-likeness (QED) is 0.437. The summed E-state index contributed by atoms with van der Waals surface area (Å²) in [5.41, 5.74) is 2.91. The molecule has 1 saturated heterocycles. The zero-order chi connectivity index (χ0) is 23.8. The Balaban J connectivity index is 1.49. The van der Waals surface area contributed by atoms with Gasteiger partial charge in [-0.2, -0.15) is 0 Å². The average Bonchev–Trinajstić information content (AvgIpc) is 3.36.